The number of ketones is 1. The quantitative estimate of drug-likeness (QED) is 0.702. The van der Waals surface area contributed by atoms with Gasteiger partial charge in [-0.3, -0.25) is 4.79 Å². The van der Waals surface area contributed by atoms with Gasteiger partial charge in [-0.25, -0.2) is 4.99 Å². The van der Waals surface area contributed by atoms with Gasteiger partial charge in [0.25, 0.3) is 0 Å². The third-order valence-corrected chi connectivity index (χ3v) is 6.84. The maximum Gasteiger partial charge on any atom is 0.231 e. The maximum atomic E-state index is 12.9. The number of nitrogens with zero attached hydrogens (tertiary/aromatic N) is 2. The Morgan fingerprint density at radius 3 is 2.73 bits per heavy atom. The molecule has 0 radical (unpaired) electrons. The Balaban J connectivity index is 1.56. The van der Waals surface area contributed by atoms with Crippen molar-refractivity contribution in [3.63, 3.8) is 0 Å². The van der Waals surface area contributed by atoms with Crippen LogP contribution in [0.2, 0.25) is 0 Å². The molecule has 0 bridgehead atoms. The van der Waals surface area contributed by atoms with Crippen LogP contribution in [-0.2, 0) is 10.5 Å². The summed E-state index contributed by atoms with van der Waals surface area (Å²) in [4.78, 5) is 17.7. The topological polar surface area (TPSA) is 71.7 Å². The van der Waals surface area contributed by atoms with Crippen LogP contribution in [0.15, 0.2) is 64.1 Å². The smallest absolute Gasteiger partial charge is 0.231 e. The van der Waals surface area contributed by atoms with Gasteiger partial charge in [-0.05, 0) is 36.1 Å². The van der Waals surface area contributed by atoms with Gasteiger partial charge in [0.15, 0.2) is 11.5 Å². The van der Waals surface area contributed by atoms with Crippen LogP contribution in [0.3, 0.4) is 0 Å². The summed E-state index contributed by atoms with van der Waals surface area (Å²) >= 11 is 1.57. The summed E-state index contributed by atoms with van der Waals surface area (Å²) < 4.78 is 11.0. The van der Waals surface area contributed by atoms with Gasteiger partial charge in [0.1, 0.15) is 10.8 Å². The second-order valence-corrected chi connectivity index (χ2v) is 8.56. The van der Waals surface area contributed by atoms with E-state index in [4.69, 9.17) is 14.5 Å². The second kappa shape index (κ2) is 8.00. The van der Waals surface area contributed by atoms with Crippen molar-refractivity contribution < 1.29 is 14.3 Å². The molecule has 150 valence electrons. The largest absolute Gasteiger partial charge is 0.454 e. The maximum absolute atomic E-state index is 12.9. The van der Waals surface area contributed by atoms with Gasteiger partial charge in [-0.1, -0.05) is 36.4 Å². The molecular weight excluding hydrogens is 396 g/mol. The fourth-order valence-corrected chi connectivity index (χ4v) is 5.36. The zero-order chi connectivity index (χ0) is 20.5. The minimum atomic E-state index is -0.366. The Hall–Kier alpha value is -3.04. The minimum absolute atomic E-state index is 0.169. The highest BCUT2D eigenvalue weighted by Crippen LogP contribution is 2.47. The molecule has 2 heterocycles. The molecule has 2 aromatic carbocycles. The molecule has 0 aromatic heterocycles. The number of fused-ring (bicyclic) bond motifs is 2. The molecule has 1 aliphatic carbocycles. The highest BCUT2D eigenvalue weighted by molar-refractivity contribution is 8.02. The number of benzene rings is 2. The number of hydrogen-bond acceptors (Lipinski definition) is 6. The Morgan fingerprint density at radius 1 is 1.07 bits per heavy atom. The van der Waals surface area contributed by atoms with Crippen molar-refractivity contribution in [2.24, 2.45) is 10.9 Å². The monoisotopic (exact) mass is 416 g/mol. The van der Waals surface area contributed by atoms with Crippen LogP contribution >= 0.6 is 11.8 Å². The van der Waals surface area contributed by atoms with Crippen molar-refractivity contribution in [3.8, 4) is 17.6 Å². The summed E-state index contributed by atoms with van der Waals surface area (Å²) in [6.45, 7) is 0.192. The predicted molar refractivity (Wildman–Crippen MR) is 115 cm³/mol. The Labute approximate surface area is 179 Å². The first-order valence-electron chi connectivity index (χ1n) is 10.1. The summed E-state index contributed by atoms with van der Waals surface area (Å²) in [7, 11) is 0. The molecule has 2 atom stereocenters. The van der Waals surface area contributed by atoms with Gasteiger partial charge in [-0.2, -0.15) is 5.26 Å². The number of hydrogen-bond donors (Lipinski definition) is 0. The molecule has 5 rings (SSSR count). The zero-order valence-corrected chi connectivity index (χ0v) is 17.2. The number of allylic oxidation sites excluding steroid dienone is 1. The second-order valence-electron chi connectivity index (χ2n) is 7.60. The third-order valence-electron chi connectivity index (χ3n) is 5.78. The van der Waals surface area contributed by atoms with Gasteiger partial charge in [0, 0.05) is 23.8 Å². The first-order chi connectivity index (χ1) is 14.7. The van der Waals surface area contributed by atoms with E-state index in [-0.39, 0.29) is 24.4 Å². The molecule has 0 spiro atoms. The molecule has 5 nitrogen and oxygen atoms in total. The van der Waals surface area contributed by atoms with Gasteiger partial charge >= 0.3 is 0 Å². The first-order valence-corrected chi connectivity index (χ1v) is 11.0. The van der Waals surface area contributed by atoms with Gasteiger partial charge in [0.05, 0.1) is 17.6 Å². The van der Waals surface area contributed by atoms with Gasteiger partial charge in [-0.15, -0.1) is 11.8 Å². The van der Waals surface area contributed by atoms with E-state index in [1.54, 1.807) is 11.8 Å². The van der Waals surface area contributed by atoms with E-state index in [0.29, 0.717) is 23.5 Å². The number of ether oxygens (including phenoxy) is 2. The number of nitriles is 1. The third kappa shape index (κ3) is 3.40. The van der Waals surface area contributed by atoms with Crippen molar-refractivity contribution >= 4 is 23.3 Å². The molecule has 3 aliphatic rings. The lowest BCUT2D eigenvalue weighted by Gasteiger charge is -2.34. The Morgan fingerprint density at radius 2 is 1.90 bits per heavy atom. The molecule has 2 aliphatic heterocycles. The summed E-state index contributed by atoms with van der Waals surface area (Å²) in [6, 6.07) is 18.2. The molecule has 2 aromatic rings. The number of carbonyl (C=O) groups is 1. The van der Waals surface area contributed by atoms with E-state index in [0.717, 1.165) is 34.9 Å². The van der Waals surface area contributed by atoms with Gasteiger partial charge < -0.3 is 9.47 Å². The number of carbonyl (C=O) groups excluding carboxylic acids is 1. The number of thioether (sulfide) groups is 1. The number of rotatable bonds is 4. The van der Waals surface area contributed by atoms with Crippen molar-refractivity contribution in [2.75, 3.05) is 6.79 Å². The Bertz CT molecular complexity index is 1100. The average Bonchev–Trinajstić information content (AvgIpc) is 3.25. The fraction of sp³-hybridized carbons (Fsp3) is 0.292. The molecule has 6 heteroatoms. The highest BCUT2D eigenvalue weighted by Gasteiger charge is 2.42. The molecule has 0 saturated heterocycles. The van der Waals surface area contributed by atoms with Crippen LogP contribution in [0.5, 0.6) is 11.5 Å². The van der Waals surface area contributed by atoms with Crippen LogP contribution in [-0.4, -0.2) is 18.3 Å². The normalized spacial score (nSPS) is 22.4. The van der Waals surface area contributed by atoms with Crippen molar-refractivity contribution in [1.82, 2.24) is 0 Å². The molecule has 0 N–H and O–H groups in total. The van der Waals surface area contributed by atoms with Crippen molar-refractivity contribution in [2.45, 2.75) is 30.9 Å². The fourth-order valence-electron chi connectivity index (χ4n) is 4.35. The standard InChI is InChI=1S/C24H20N2O3S/c25-12-17-22(16-9-10-20-21(11-16)29-14-28-20)23-18(7-4-8-19(23)27)26-24(17)30-13-15-5-2-1-3-6-15/h1-3,5-6,9-11,22-23H,4,7-8,13-14H2/t22-,23-/m1/s1. The van der Waals surface area contributed by atoms with Crippen LogP contribution in [0.1, 0.15) is 36.3 Å². The number of aliphatic imine (C=N–C) groups is 1. The summed E-state index contributed by atoms with van der Waals surface area (Å²) in [6.07, 6.45) is 2.15. The zero-order valence-electron chi connectivity index (χ0n) is 16.3. The summed E-state index contributed by atoms with van der Waals surface area (Å²) in [5.41, 5.74) is 3.55. The average molecular weight is 417 g/mol. The van der Waals surface area contributed by atoms with E-state index in [2.05, 4.69) is 18.2 Å². The lowest BCUT2D eigenvalue weighted by molar-refractivity contribution is -0.121. The van der Waals surface area contributed by atoms with Crippen LogP contribution in [0.25, 0.3) is 0 Å². The molecule has 30 heavy (non-hydrogen) atoms. The van der Waals surface area contributed by atoms with Crippen molar-refractivity contribution in [1.29, 1.82) is 5.26 Å². The molecule has 0 amide bonds. The van der Waals surface area contributed by atoms with Gasteiger partial charge in [0.2, 0.25) is 6.79 Å². The van der Waals surface area contributed by atoms with Crippen LogP contribution in [0.4, 0.5) is 0 Å². The van der Waals surface area contributed by atoms with E-state index < -0.39 is 0 Å². The molecule has 1 saturated carbocycles. The van der Waals surface area contributed by atoms with E-state index in [1.165, 1.54) is 5.56 Å². The summed E-state index contributed by atoms with van der Waals surface area (Å²) in [5.74, 6) is 1.56. The summed E-state index contributed by atoms with van der Waals surface area (Å²) in [5, 5.41) is 10.8. The van der Waals surface area contributed by atoms with E-state index >= 15 is 0 Å². The molecule has 1 fully saturated rings. The number of Topliss-reactive ketones (excluding diaryl/α,β-unsaturated/α-hetero) is 1. The first kappa shape index (κ1) is 19.0. The molecule has 0 unspecified atom stereocenters. The van der Waals surface area contributed by atoms with Crippen LogP contribution in [0, 0.1) is 17.2 Å². The van der Waals surface area contributed by atoms with Crippen molar-refractivity contribution in [3.05, 3.63) is 70.3 Å². The Kier molecular flexibility index (Phi) is 5.06. The molecular formula is C24H20N2O3S. The minimum Gasteiger partial charge on any atom is -0.454 e. The van der Waals surface area contributed by atoms with Crippen LogP contribution < -0.4 is 9.47 Å². The SMILES string of the molecule is N#CC1=C(SCc2ccccc2)N=C2CCCC(=O)[C@@H]2[C@@H]1c1ccc2c(c1)OCO2. The lowest BCUT2D eigenvalue weighted by Crippen LogP contribution is -2.37. The lowest BCUT2D eigenvalue weighted by atomic mass is 9.70. The van der Waals surface area contributed by atoms with E-state index in [9.17, 15) is 10.1 Å². The van der Waals surface area contributed by atoms with E-state index in [1.807, 2.05) is 36.4 Å². The highest BCUT2D eigenvalue weighted by atomic mass is 32.2. The predicted octanol–water partition coefficient (Wildman–Crippen LogP) is 4.99.